The van der Waals surface area contributed by atoms with Gasteiger partial charge in [0.2, 0.25) is 5.95 Å². The van der Waals surface area contributed by atoms with Crippen LogP contribution in [0, 0.1) is 3.57 Å². The second-order valence-electron chi connectivity index (χ2n) is 7.34. The van der Waals surface area contributed by atoms with E-state index < -0.39 is 6.10 Å². The van der Waals surface area contributed by atoms with E-state index in [1.807, 2.05) is 23.6 Å². The monoisotopic (exact) mass is 510 g/mol. The molecule has 2 atom stereocenters. The van der Waals surface area contributed by atoms with E-state index in [1.54, 1.807) is 19.3 Å². The van der Waals surface area contributed by atoms with Gasteiger partial charge < -0.3 is 25.4 Å². The van der Waals surface area contributed by atoms with Gasteiger partial charge in [0.25, 0.3) is 0 Å². The highest BCUT2D eigenvalue weighted by Gasteiger charge is 2.18. The lowest BCUT2D eigenvalue weighted by atomic mass is 10.1. The Morgan fingerprint density at radius 2 is 1.97 bits per heavy atom. The van der Waals surface area contributed by atoms with E-state index in [2.05, 4.69) is 62.0 Å². The van der Waals surface area contributed by atoms with Crippen molar-refractivity contribution in [2.24, 2.45) is 0 Å². The number of aromatic nitrogens is 4. The van der Waals surface area contributed by atoms with E-state index in [0.717, 1.165) is 15.6 Å². The molecule has 1 aromatic carbocycles. The normalized spacial score (nSPS) is 13.6. The summed E-state index contributed by atoms with van der Waals surface area (Å²) in [6.45, 7) is 8.28. The van der Waals surface area contributed by atoms with Crippen molar-refractivity contribution >= 4 is 45.5 Å². The summed E-state index contributed by atoms with van der Waals surface area (Å²) < 4.78 is 3.03. The van der Waals surface area contributed by atoms with Gasteiger partial charge in [0.1, 0.15) is 5.75 Å². The topological polar surface area (TPSA) is 108 Å². The number of phenolic OH excluding ortho intramolecular Hbond substituents is 1. The summed E-state index contributed by atoms with van der Waals surface area (Å²) >= 11 is 2.22. The summed E-state index contributed by atoms with van der Waals surface area (Å²) in [6.07, 6.45) is 1.96. The quantitative estimate of drug-likeness (QED) is 0.341. The molecule has 2 heterocycles. The van der Waals surface area contributed by atoms with Crippen molar-refractivity contribution in [2.45, 2.75) is 58.8 Å². The van der Waals surface area contributed by atoms with E-state index in [-0.39, 0.29) is 17.8 Å². The van der Waals surface area contributed by atoms with E-state index in [0.29, 0.717) is 29.5 Å². The third-order valence-corrected chi connectivity index (χ3v) is 5.47. The smallest absolute Gasteiger partial charge is 0.227 e. The number of nitrogens with zero attached hydrogens (tertiary/aromatic N) is 4. The molecular weight excluding hydrogens is 483 g/mol. The molecular formula is C20H27IN6O2. The fourth-order valence-electron chi connectivity index (χ4n) is 3.09. The van der Waals surface area contributed by atoms with E-state index in [9.17, 15) is 10.2 Å². The number of anilines is 2. The molecule has 2 aromatic heterocycles. The fraction of sp³-hybridized carbons (Fsp3) is 0.450. The molecule has 0 spiro atoms. The van der Waals surface area contributed by atoms with Crippen LogP contribution in [0.15, 0.2) is 24.5 Å². The molecule has 156 valence electrons. The Balaban J connectivity index is 1.98. The minimum atomic E-state index is -0.533. The minimum absolute atomic E-state index is 0.157. The van der Waals surface area contributed by atoms with Crippen LogP contribution in [0.25, 0.3) is 11.2 Å². The van der Waals surface area contributed by atoms with Crippen molar-refractivity contribution in [3.05, 3.63) is 33.7 Å². The summed E-state index contributed by atoms with van der Waals surface area (Å²) in [5, 5.41) is 26.6. The van der Waals surface area contributed by atoms with Crippen LogP contribution in [0.5, 0.6) is 5.75 Å². The zero-order valence-electron chi connectivity index (χ0n) is 17.0. The predicted molar refractivity (Wildman–Crippen MR) is 123 cm³/mol. The minimum Gasteiger partial charge on any atom is -0.508 e. The maximum Gasteiger partial charge on any atom is 0.227 e. The van der Waals surface area contributed by atoms with Crippen molar-refractivity contribution < 1.29 is 10.2 Å². The van der Waals surface area contributed by atoms with Gasteiger partial charge in [-0.05, 0) is 68.0 Å². The Kier molecular flexibility index (Phi) is 6.78. The van der Waals surface area contributed by atoms with Crippen molar-refractivity contribution in [3.63, 3.8) is 0 Å². The molecule has 0 aliphatic heterocycles. The summed E-state index contributed by atoms with van der Waals surface area (Å²) in [4.78, 5) is 13.8. The van der Waals surface area contributed by atoms with Crippen LogP contribution in [0.1, 0.15) is 45.7 Å². The van der Waals surface area contributed by atoms with Crippen molar-refractivity contribution in [2.75, 3.05) is 10.6 Å². The SMILES string of the molecule is CCC(Nc1nc(NCc2cc(I)ccc2O)c2ncn(C(C)C)c2n1)C(C)O. The van der Waals surface area contributed by atoms with Crippen molar-refractivity contribution in [3.8, 4) is 5.75 Å². The second kappa shape index (κ2) is 9.12. The molecule has 4 N–H and O–H groups in total. The van der Waals surface area contributed by atoms with Gasteiger partial charge in [-0.15, -0.1) is 0 Å². The molecule has 0 saturated heterocycles. The maximum absolute atomic E-state index is 10.1. The number of fused-ring (bicyclic) bond motifs is 1. The number of hydrogen-bond acceptors (Lipinski definition) is 7. The van der Waals surface area contributed by atoms with Crippen LogP contribution in [-0.4, -0.2) is 41.9 Å². The lowest BCUT2D eigenvalue weighted by molar-refractivity contribution is 0.169. The number of aliphatic hydroxyl groups excluding tert-OH is 1. The Labute approximate surface area is 183 Å². The summed E-state index contributed by atoms with van der Waals surface area (Å²) in [6, 6.07) is 5.50. The first-order valence-corrected chi connectivity index (χ1v) is 10.8. The Morgan fingerprint density at radius 1 is 1.21 bits per heavy atom. The Morgan fingerprint density at radius 3 is 2.62 bits per heavy atom. The number of aromatic hydroxyl groups is 1. The maximum atomic E-state index is 10.1. The van der Waals surface area contributed by atoms with Gasteiger partial charge in [-0.1, -0.05) is 6.92 Å². The van der Waals surface area contributed by atoms with Gasteiger partial charge >= 0.3 is 0 Å². The van der Waals surface area contributed by atoms with E-state index in [4.69, 9.17) is 0 Å². The number of hydrogen-bond donors (Lipinski definition) is 4. The first-order chi connectivity index (χ1) is 13.8. The van der Waals surface area contributed by atoms with Gasteiger partial charge in [-0.2, -0.15) is 9.97 Å². The molecule has 29 heavy (non-hydrogen) atoms. The Hall–Kier alpha value is -2.14. The van der Waals surface area contributed by atoms with Crippen molar-refractivity contribution in [1.82, 2.24) is 19.5 Å². The second-order valence-corrected chi connectivity index (χ2v) is 8.59. The van der Waals surface area contributed by atoms with Gasteiger partial charge in [0.05, 0.1) is 18.5 Å². The van der Waals surface area contributed by atoms with Gasteiger partial charge in [0.15, 0.2) is 17.0 Å². The van der Waals surface area contributed by atoms with Crippen LogP contribution in [-0.2, 0) is 6.54 Å². The zero-order valence-corrected chi connectivity index (χ0v) is 19.2. The third-order valence-electron chi connectivity index (χ3n) is 4.80. The van der Waals surface area contributed by atoms with Crippen LogP contribution in [0.4, 0.5) is 11.8 Å². The average molecular weight is 510 g/mol. The molecule has 9 heteroatoms. The first-order valence-electron chi connectivity index (χ1n) is 9.70. The van der Waals surface area contributed by atoms with Gasteiger partial charge in [-0.3, -0.25) is 0 Å². The molecule has 8 nitrogen and oxygen atoms in total. The molecule has 0 radical (unpaired) electrons. The lowest BCUT2D eigenvalue weighted by Crippen LogP contribution is -2.31. The highest BCUT2D eigenvalue weighted by Crippen LogP contribution is 2.26. The van der Waals surface area contributed by atoms with E-state index in [1.165, 1.54) is 0 Å². The molecule has 0 saturated carbocycles. The lowest BCUT2D eigenvalue weighted by Gasteiger charge is -2.20. The first kappa shape index (κ1) is 21.6. The average Bonchev–Trinajstić information content (AvgIpc) is 3.10. The molecule has 3 aromatic rings. The summed E-state index contributed by atoms with van der Waals surface area (Å²) in [5.41, 5.74) is 2.16. The fourth-order valence-corrected chi connectivity index (χ4v) is 3.64. The molecule has 3 rings (SSSR count). The number of phenols is 1. The largest absolute Gasteiger partial charge is 0.508 e. The number of imidazole rings is 1. The number of halogens is 1. The number of aliphatic hydroxyl groups is 1. The number of rotatable bonds is 8. The van der Waals surface area contributed by atoms with Crippen LogP contribution >= 0.6 is 22.6 Å². The van der Waals surface area contributed by atoms with Crippen LogP contribution in [0.2, 0.25) is 0 Å². The highest BCUT2D eigenvalue weighted by molar-refractivity contribution is 14.1. The molecule has 0 fully saturated rings. The highest BCUT2D eigenvalue weighted by atomic mass is 127. The standard InChI is InChI=1S/C20H27IN6O2/c1-5-15(12(4)28)24-20-25-18(17-19(26-20)27(10-23-17)11(2)3)22-9-13-8-14(21)6-7-16(13)29/h6-8,10-12,15,28-29H,5,9H2,1-4H3,(H2,22,24,25,26). The van der Waals surface area contributed by atoms with E-state index >= 15 is 0 Å². The van der Waals surface area contributed by atoms with Gasteiger partial charge in [0, 0.05) is 21.7 Å². The zero-order chi connectivity index (χ0) is 21.1. The summed E-state index contributed by atoms with van der Waals surface area (Å²) in [5.74, 6) is 1.24. The summed E-state index contributed by atoms with van der Waals surface area (Å²) in [7, 11) is 0. The predicted octanol–water partition coefficient (Wildman–Crippen LogP) is 3.90. The molecule has 0 aliphatic carbocycles. The molecule has 0 amide bonds. The van der Waals surface area contributed by atoms with Crippen LogP contribution in [0.3, 0.4) is 0 Å². The molecule has 0 bridgehead atoms. The molecule has 0 aliphatic rings. The Bertz CT molecular complexity index is 989. The number of benzene rings is 1. The number of nitrogens with one attached hydrogen (secondary N) is 2. The molecule has 2 unspecified atom stereocenters. The third kappa shape index (κ3) is 4.89. The van der Waals surface area contributed by atoms with Crippen LogP contribution < -0.4 is 10.6 Å². The van der Waals surface area contributed by atoms with Crippen molar-refractivity contribution in [1.29, 1.82) is 0 Å². The van der Waals surface area contributed by atoms with Gasteiger partial charge in [-0.25, -0.2) is 4.98 Å².